The van der Waals surface area contributed by atoms with E-state index >= 15 is 0 Å². The van der Waals surface area contributed by atoms with E-state index in [1.807, 2.05) is 17.8 Å². The van der Waals surface area contributed by atoms with E-state index in [2.05, 4.69) is 43.1 Å². The van der Waals surface area contributed by atoms with Crippen molar-refractivity contribution < 1.29 is 5.11 Å². The van der Waals surface area contributed by atoms with Crippen molar-refractivity contribution in [3.63, 3.8) is 0 Å². The third-order valence-electron chi connectivity index (χ3n) is 2.75. The van der Waals surface area contributed by atoms with Crippen LogP contribution in [-0.4, -0.2) is 42.0 Å². The highest BCUT2D eigenvalue weighted by atomic mass is 32.2. The average Bonchev–Trinajstić information content (AvgIpc) is 2.30. The van der Waals surface area contributed by atoms with Crippen molar-refractivity contribution in [3.8, 4) is 0 Å². The van der Waals surface area contributed by atoms with Crippen molar-refractivity contribution in [3.05, 3.63) is 30.3 Å². The molecule has 0 fully saturated rings. The molecule has 0 spiro atoms. The first-order valence-electron chi connectivity index (χ1n) is 5.73. The quantitative estimate of drug-likeness (QED) is 0.740. The number of thioether (sulfide) groups is 1. The molecule has 0 saturated carbocycles. The van der Waals surface area contributed by atoms with Gasteiger partial charge < -0.3 is 10.0 Å². The van der Waals surface area contributed by atoms with Gasteiger partial charge in [-0.2, -0.15) is 0 Å². The highest BCUT2D eigenvalue weighted by Crippen LogP contribution is 2.19. The molecule has 1 aromatic rings. The maximum atomic E-state index is 8.84. The molecule has 1 unspecified atom stereocenters. The van der Waals surface area contributed by atoms with Crippen LogP contribution in [-0.2, 0) is 0 Å². The van der Waals surface area contributed by atoms with Crippen molar-refractivity contribution in [2.45, 2.75) is 24.3 Å². The van der Waals surface area contributed by atoms with Crippen LogP contribution in [0.25, 0.3) is 0 Å². The topological polar surface area (TPSA) is 23.5 Å². The van der Waals surface area contributed by atoms with E-state index in [0.717, 1.165) is 18.7 Å². The van der Waals surface area contributed by atoms with Crippen LogP contribution in [0.1, 0.15) is 13.3 Å². The molecule has 0 aliphatic rings. The molecule has 90 valence electrons. The van der Waals surface area contributed by atoms with Crippen LogP contribution in [0.4, 0.5) is 0 Å². The molecule has 1 rings (SSSR count). The Kier molecular flexibility index (Phi) is 6.53. The molecule has 0 aromatic heterocycles. The molecular weight excluding hydrogens is 218 g/mol. The Bertz CT molecular complexity index is 279. The van der Waals surface area contributed by atoms with E-state index in [0.29, 0.717) is 6.04 Å². The zero-order valence-corrected chi connectivity index (χ0v) is 10.9. The van der Waals surface area contributed by atoms with Crippen LogP contribution >= 0.6 is 11.8 Å². The SMILES string of the molecule is CC(CCSc1ccccc1)N(C)CCO. The van der Waals surface area contributed by atoms with E-state index < -0.39 is 0 Å². The Labute approximate surface area is 103 Å². The van der Waals surface area contributed by atoms with Crippen LogP contribution < -0.4 is 0 Å². The Hall–Kier alpha value is -0.510. The lowest BCUT2D eigenvalue weighted by Crippen LogP contribution is -2.31. The minimum atomic E-state index is 0.243. The molecular formula is C13H21NOS. The Morgan fingerprint density at radius 2 is 2.00 bits per heavy atom. The molecule has 1 aromatic carbocycles. The highest BCUT2D eigenvalue weighted by Gasteiger charge is 2.07. The van der Waals surface area contributed by atoms with Gasteiger partial charge in [-0.05, 0) is 38.3 Å². The van der Waals surface area contributed by atoms with Gasteiger partial charge in [0, 0.05) is 17.5 Å². The average molecular weight is 239 g/mol. The largest absolute Gasteiger partial charge is 0.395 e. The van der Waals surface area contributed by atoms with Crippen LogP contribution in [0.5, 0.6) is 0 Å². The number of hydrogen-bond donors (Lipinski definition) is 1. The second-order valence-electron chi connectivity index (χ2n) is 4.00. The summed E-state index contributed by atoms with van der Waals surface area (Å²) in [6.07, 6.45) is 1.15. The number of aliphatic hydroxyl groups is 1. The van der Waals surface area contributed by atoms with Gasteiger partial charge in [-0.25, -0.2) is 0 Å². The Balaban J connectivity index is 2.20. The highest BCUT2D eigenvalue weighted by molar-refractivity contribution is 7.99. The lowest BCUT2D eigenvalue weighted by Gasteiger charge is -2.23. The lowest BCUT2D eigenvalue weighted by molar-refractivity contribution is 0.186. The van der Waals surface area contributed by atoms with Crippen molar-refractivity contribution in [1.82, 2.24) is 4.90 Å². The number of nitrogens with zero attached hydrogens (tertiary/aromatic N) is 1. The zero-order chi connectivity index (χ0) is 11.8. The first-order valence-corrected chi connectivity index (χ1v) is 6.71. The molecule has 1 atom stereocenters. The second-order valence-corrected chi connectivity index (χ2v) is 5.17. The first kappa shape index (κ1) is 13.6. The van der Waals surface area contributed by atoms with E-state index in [1.165, 1.54) is 4.90 Å². The molecule has 1 N–H and O–H groups in total. The molecule has 16 heavy (non-hydrogen) atoms. The van der Waals surface area contributed by atoms with Crippen molar-refractivity contribution in [1.29, 1.82) is 0 Å². The molecule has 0 amide bonds. The molecule has 0 bridgehead atoms. The van der Waals surface area contributed by atoms with E-state index in [1.54, 1.807) is 0 Å². The van der Waals surface area contributed by atoms with Gasteiger partial charge >= 0.3 is 0 Å². The van der Waals surface area contributed by atoms with E-state index in [4.69, 9.17) is 5.11 Å². The lowest BCUT2D eigenvalue weighted by atomic mass is 10.2. The summed E-state index contributed by atoms with van der Waals surface area (Å²) < 4.78 is 0. The number of hydrogen-bond acceptors (Lipinski definition) is 3. The summed E-state index contributed by atoms with van der Waals surface area (Å²) in [5, 5.41) is 8.84. The van der Waals surface area contributed by atoms with Gasteiger partial charge in [0.15, 0.2) is 0 Å². The first-order chi connectivity index (χ1) is 7.74. The monoisotopic (exact) mass is 239 g/mol. The standard InChI is InChI=1S/C13H21NOS/c1-12(14(2)9-10-15)8-11-16-13-6-4-3-5-7-13/h3-7,12,15H,8-11H2,1-2H3. The summed E-state index contributed by atoms with van der Waals surface area (Å²) in [6.45, 7) is 3.21. The van der Waals surface area contributed by atoms with Gasteiger partial charge in [0.05, 0.1) is 6.61 Å². The van der Waals surface area contributed by atoms with Crippen molar-refractivity contribution >= 4 is 11.8 Å². The predicted octanol–water partition coefficient (Wildman–Crippen LogP) is 2.48. The number of benzene rings is 1. The van der Waals surface area contributed by atoms with Crippen LogP contribution in [0.3, 0.4) is 0 Å². The van der Waals surface area contributed by atoms with Crippen molar-refractivity contribution in [2.75, 3.05) is 26.0 Å². The molecule has 3 heteroatoms. The fourth-order valence-electron chi connectivity index (χ4n) is 1.46. The summed E-state index contributed by atoms with van der Waals surface area (Å²) in [4.78, 5) is 3.53. The minimum Gasteiger partial charge on any atom is -0.395 e. The summed E-state index contributed by atoms with van der Waals surface area (Å²) in [5.41, 5.74) is 0. The second kappa shape index (κ2) is 7.71. The maximum absolute atomic E-state index is 8.84. The summed E-state index contributed by atoms with van der Waals surface area (Å²) >= 11 is 1.90. The fraction of sp³-hybridized carbons (Fsp3) is 0.538. The molecule has 0 aliphatic carbocycles. The van der Waals surface area contributed by atoms with Crippen LogP contribution in [0.2, 0.25) is 0 Å². The summed E-state index contributed by atoms with van der Waals surface area (Å²) in [7, 11) is 2.06. The molecule has 0 radical (unpaired) electrons. The summed E-state index contributed by atoms with van der Waals surface area (Å²) in [6, 6.07) is 11.0. The normalized spacial score (nSPS) is 13.0. The van der Waals surface area contributed by atoms with Gasteiger partial charge in [-0.1, -0.05) is 18.2 Å². The number of likely N-dealkylation sites (N-methyl/N-ethyl adjacent to an activating group) is 1. The molecule has 2 nitrogen and oxygen atoms in total. The van der Waals surface area contributed by atoms with Crippen LogP contribution in [0, 0.1) is 0 Å². The van der Waals surface area contributed by atoms with Crippen molar-refractivity contribution in [2.24, 2.45) is 0 Å². The Morgan fingerprint density at radius 3 is 2.62 bits per heavy atom. The summed E-state index contributed by atoms with van der Waals surface area (Å²) in [5.74, 6) is 1.13. The van der Waals surface area contributed by atoms with Gasteiger partial charge in [0.1, 0.15) is 0 Å². The van der Waals surface area contributed by atoms with Gasteiger partial charge in [0.25, 0.3) is 0 Å². The maximum Gasteiger partial charge on any atom is 0.0558 e. The fourth-order valence-corrected chi connectivity index (χ4v) is 2.51. The zero-order valence-electron chi connectivity index (χ0n) is 10.1. The molecule has 0 saturated heterocycles. The van der Waals surface area contributed by atoms with E-state index in [-0.39, 0.29) is 6.61 Å². The van der Waals surface area contributed by atoms with E-state index in [9.17, 15) is 0 Å². The molecule has 0 heterocycles. The Morgan fingerprint density at radius 1 is 1.31 bits per heavy atom. The van der Waals surface area contributed by atoms with Crippen LogP contribution in [0.15, 0.2) is 35.2 Å². The predicted molar refractivity (Wildman–Crippen MR) is 71.0 cm³/mol. The van der Waals surface area contributed by atoms with Gasteiger partial charge in [-0.3, -0.25) is 0 Å². The minimum absolute atomic E-state index is 0.243. The third kappa shape index (κ3) is 5.01. The third-order valence-corrected chi connectivity index (χ3v) is 3.80. The number of aliphatic hydroxyl groups excluding tert-OH is 1. The smallest absolute Gasteiger partial charge is 0.0558 e. The van der Waals surface area contributed by atoms with Gasteiger partial charge in [-0.15, -0.1) is 11.8 Å². The molecule has 0 aliphatic heterocycles. The van der Waals surface area contributed by atoms with Gasteiger partial charge in [0.2, 0.25) is 0 Å². The number of rotatable bonds is 7.